The maximum atomic E-state index is 5.20. The van der Waals surface area contributed by atoms with Gasteiger partial charge >= 0.3 is 0 Å². The summed E-state index contributed by atoms with van der Waals surface area (Å²) in [4.78, 5) is 7.69. The number of imidazole rings is 1. The standard InChI is InChI=1S/C15H15N3O2/c1-19-11-5-3-4-10(8-11)16-15-17-13-7-6-12(20-2)9-14(13)18-15/h3-9H,1-2H3,(H2,16,17,18). The molecule has 0 spiro atoms. The first-order valence-corrected chi connectivity index (χ1v) is 6.23. The molecule has 0 atom stereocenters. The van der Waals surface area contributed by atoms with Crippen molar-refractivity contribution in [2.24, 2.45) is 0 Å². The topological polar surface area (TPSA) is 59.2 Å². The molecule has 1 aromatic heterocycles. The quantitative estimate of drug-likeness (QED) is 0.762. The van der Waals surface area contributed by atoms with Crippen molar-refractivity contribution in [2.45, 2.75) is 0 Å². The average Bonchev–Trinajstić information content (AvgIpc) is 2.88. The van der Waals surface area contributed by atoms with E-state index in [9.17, 15) is 0 Å². The second-order valence-corrected chi connectivity index (χ2v) is 4.33. The third-order valence-electron chi connectivity index (χ3n) is 3.02. The van der Waals surface area contributed by atoms with Crippen molar-refractivity contribution in [3.05, 3.63) is 42.5 Å². The lowest BCUT2D eigenvalue weighted by Crippen LogP contribution is -1.92. The molecule has 20 heavy (non-hydrogen) atoms. The van der Waals surface area contributed by atoms with Crippen molar-refractivity contribution in [2.75, 3.05) is 19.5 Å². The highest BCUT2D eigenvalue weighted by atomic mass is 16.5. The molecule has 0 aliphatic heterocycles. The predicted molar refractivity (Wildman–Crippen MR) is 78.9 cm³/mol. The van der Waals surface area contributed by atoms with Crippen LogP contribution in [-0.2, 0) is 0 Å². The van der Waals surface area contributed by atoms with Crippen molar-refractivity contribution in [1.29, 1.82) is 0 Å². The minimum Gasteiger partial charge on any atom is -0.497 e. The van der Waals surface area contributed by atoms with Crippen LogP contribution in [-0.4, -0.2) is 24.2 Å². The molecule has 0 saturated carbocycles. The molecule has 5 heteroatoms. The number of H-pyrrole nitrogens is 1. The van der Waals surface area contributed by atoms with E-state index in [0.29, 0.717) is 5.95 Å². The molecule has 1 heterocycles. The molecule has 102 valence electrons. The lowest BCUT2D eigenvalue weighted by atomic mass is 10.3. The van der Waals surface area contributed by atoms with Crippen LogP contribution in [0.2, 0.25) is 0 Å². The Morgan fingerprint density at radius 1 is 1.00 bits per heavy atom. The lowest BCUT2D eigenvalue weighted by Gasteiger charge is -2.04. The van der Waals surface area contributed by atoms with Gasteiger partial charge in [0.25, 0.3) is 0 Å². The zero-order chi connectivity index (χ0) is 13.9. The zero-order valence-corrected chi connectivity index (χ0v) is 11.3. The molecule has 0 aliphatic rings. The van der Waals surface area contributed by atoms with E-state index < -0.39 is 0 Å². The first kappa shape index (κ1) is 12.3. The minimum absolute atomic E-state index is 0.682. The average molecular weight is 269 g/mol. The fourth-order valence-electron chi connectivity index (χ4n) is 2.01. The van der Waals surface area contributed by atoms with Crippen LogP contribution in [0.5, 0.6) is 11.5 Å². The van der Waals surface area contributed by atoms with E-state index in [2.05, 4.69) is 15.3 Å². The van der Waals surface area contributed by atoms with Gasteiger partial charge in [0.2, 0.25) is 5.95 Å². The predicted octanol–water partition coefficient (Wildman–Crippen LogP) is 3.32. The number of rotatable bonds is 4. The van der Waals surface area contributed by atoms with Gasteiger partial charge in [-0.05, 0) is 24.3 Å². The van der Waals surface area contributed by atoms with Crippen LogP contribution in [0.4, 0.5) is 11.6 Å². The SMILES string of the molecule is COc1cccc(Nc2nc3ccc(OC)cc3[nH]2)c1. The molecule has 0 unspecified atom stereocenters. The summed E-state index contributed by atoms with van der Waals surface area (Å²) in [5, 5.41) is 3.22. The van der Waals surface area contributed by atoms with Gasteiger partial charge in [-0.2, -0.15) is 0 Å². The molecular formula is C15H15N3O2. The first-order chi connectivity index (χ1) is 9.78. The number of hydrogen-bond acceptors (Lipinski definition) is 4. The van der Waals surface area contributed by atoms with Crippen molar-refractivity contribution in [3.63, 3.8) is 0 Å². The Kier molecular flexibility index (Phi) is 3.16. The summed E-state index contributed by atoms with van der Waals surface area (Å²) >= 11 is 0. The van der Waals surface area contributed by atoms with Crippen LogP contribution in [0.15, 0.2) is 42.5 Å². The van der Waals surface area contributed by atoms with Crippen LogP contribution in [0, 0.1) is 0 Å². The number of anilines is 2. The Labute approximate surface area is 116 Å². The molecule has 0 radical (unpaired) electrons. The van der Waals surface area contributed by atoms with E-state index in [0.717, 1.165) is 28.2 Å². The Morgan fingerprint density at radius 3 is 2.60 bits per heavy atom. The summed E-state index contributed by atoms with van der Waals surface area (Å²) < 4.78 is 10.4. The largest absolute Gasteiger partial charge is 0.497 e. The summed E-state index contributed by atoms with van der Waals surface area (Å²) in [5.41, 5.74) is 2.72. The lowest BCUT2D eigenvalue weighted by molar-refractivity contribution is 0.415. The molecular weight excluding hydrogens is 254 g/mol. The summed E-state index contributed by atoms with van der Waals surface area (Å²) in [6, 6.07) is 13.4. The van der Waals surface area contributed by atoms with Gasteiger partial charge in [-0.1, -0.05) is 6.07 Å². The zero-order valence-electron chi connectivity index (χ0n) is 11.3. The fraction of sp³-hybridized carbons (Fsp3) is 0.133. The van der Waals surface area contributed by atoms with Crippen LogP contribution < -0.4 is 14.8 Å². The monoisotopic (exact) mass is 269 g/mol. The molecule has 3 aromatic rings. The molecule has 0 aliphatic carbocycles. The Balaban J connectivity index is 1.90. The maximum Gasteiger partial charge on any atom is 0.205 e. The summed E-state index contributed by atoms with van der Waals surface area (Å²) in [6.45, 7) is 0. The molecule has 0 bridgehead atoms. The number of nitrogens with one attached hydrogen (secondary N) is 2. The molecule has 2 aromatic carbocycles. The number of ether oxygens (including phenoxy) is 2. The third-order valence-corrected chi connectivity index (χ3v) is 3.02. The van der Waals surface area contributed by atoms with E-state index in [-0.39, 0.29) is 0 Å². The summed E-state index contributed by atoms with van der Waals surface area (Å²) in [5.74, 6) is 2.28. The fourth-order valence-corrected chi connectivity index (χ4v) is 2.01. The van der Waals surface area contributed by atoms with Gasteiger partial charge in [0.05, 0.1) is 25.3 Å². The number of aromatic nitrogens is 2. The van der Waals surface area contributed by atoms with Crippen LogP contribution >= 0.6 is 0 Å². The highest BCUT2D eigenvalue weighted by Crippen LogP contribution is 2.23. The number of nitrogens with zero attached hydrogens (tertiary/aromatic N) is 1. The van der Waals surface area contributed by atoms with Gasteiger partial charge < -0.3 is 19.8 Å². The number of methoxy groups -OCH3 is 2. The molecule has 0 amide bonds. The third kappa shape index (κ3) is 2.38. The van der Waals surface area contributed by atoms with E-state index in [4.69, 9.17) is 9.47 Å². The van der Waals surface area contributed by atoms with Crippen molar-refractivity contribution in [1.82, 2.24) is 9.97 Å². The molecule has 0 saturated heterocycles. The van der Waals surface area contributed by atoms with Crippen molar-refractivity contribution >= 4 is 22.7 Å². The highest BCUT2D eigenvalue weighted by molar-refractivity contribution is 5.80. The van der Waals surface area contributed by atoms with Gasteiger partial charge in [-0.25, -0.2) is 4.98 Å². The summed E-state index contributed by atoms with van der Waals surface area (Å²) in [7, 11) is 3.29. The number of fused-ring (bicyclic) bond motifs is 1. The van der Waals surface area contributed by atoms with Crippen LogP contribution in [0.3, 0.4) is 0 Å². The van der Waals surface area contributed by atoms with Gasteiger partial charge in [-0.15, -0.1) is 0 Å². The van der Waals surface area contributed by atoms with Gasteiger partial charge in [0.1, 0.15) is 11.5 Å². The normalized spacial score (nSPS) is 10.5. The van der Waals surface area contributed by atoms with Gasteiger partial charge in [-0.3, -0.25) is 0 Å². The number of aromatic amines is 1. The highest BCUT2D eigenvalue weighted by Gasteiger charge is 2.04. The molecule has 0 fully saturated rings. The Hall–Kier alpha value is -2.69. The van der Waals surface area contributed by atoms with E-state index >= 15 is 0 Å². The van der Waals surface area contributed by atoms with Gasteiger partial charge in [0, 0.05) is 17.8 Å². The molecule has 3 rings (SSSR count). The second kappa shape index (κ2) is 5.13. The Bertz CT molecular complexity index is 737. The van der Waals surface area contributed by atoms with Gasteiger partial charge in [0.15, 0.2) is 0 Å². The van der Waals surface area contributed by atoms with E-state index in [1.807, 2.05) is 42.5 Å². The van der Waals surface area contributed by atoms with Crippen molar-refractivity contribution < 1.29 is 9.47 Å². The van der Waals surface area contributed by atoms with Crippen molar-refractivity contribution in [3.8, 4) is 11.5 Å². The summed E-state index contributed by atoms with van der Waals surface area (Å²) in [6.07, 6.45) is 0. The maximum absolute atomic E-state index is 5.20. The second-order valence-electron chi connectivity index (χ2n) is 4.33. The van der Waals surface area contributed by atoms with Crippen LogP contribution in [0.25, 0.3) is 11.0 Å². The molecule has 5 nitrogen and oxygen atoms in total. The minimum atomic E-state index is 0.682. The van der Waals surface area contributed by atoms with E-state index in [1.165, 1.54) is 0 Å². The smallest absolute Gasteiger partial charge is 0.205 e. The van der Waals surface area contributed by atoms with E-state index in [1.54, 1.807) is 14.2 Å². The number of hydrogen-bond donors (Lipinski definition) is 2. The van der Waals surface area contributed by atoms with Crippen LogP contribution in [0.1, 0.15) is 0 Å². The molecule has 2 N–H and O–H groups in total. The first-order valence-electron chi connectivity index (χ1n) is 6.23. The Morgan fingerprint density at radius 2 is 1.80 bits per heavy atom. The number of benzene rings is 2.